The molecular weight excluding hydrogens is 402 g/mol. The summed E-state index contributed by atoms with van der Waals surface area (Å²) in [5, 5.41) is 4.13. The number of aryl methyl sites for hydroxylation is 2. The summed E-state index contributed by atoms with van der Waals surface area (Å²) >= 11 is 7.51. The third-order valence-corrected chi connectivity index (χ3v) is 5.88. The van der Waals surface area contributed by atoms with Crippen molar-refractivity contribution < 1.29 is 4.79 Å². The van der Waals surface area contributed by atoms with Crippen molar-refractivity contribution >= 4 is 46.2 Å². The van der Waals surface area contributed by atoms with Crippen LogP contribution in [0.2, 0.25) is 5.02 Å². The number of amides is 1. The normalized spacial score (nSPS) is 16.6. The summed E-state index contributed by atoms with van der Waals surface area (Å²) in [5.74, 6) is -0.131. The SMILES string of the molecule is Cc1ccc(N=C2NC(=O)/C(=C/c3cc(C)n(-c4cccc(Cl)c4)c3C)S2)cc1. The highest BCUT2D eigenvalue weighted by molar-refractivity contribution is 8.18. The summed E-state index contributed by atoms with van der Waals surface area (Å²) in [6, 6.07) is 17.7. The van der Waals surface area contributed by atoms with Gasteiger partial charge in [-0.1, -0.05) is 35.4 Å². The van der Waals surface area contributed by atoms with Crippen LogP contribution in [0, 0.1) is 20.8 Å². The Balaban J connectivity index is 1.64. The van der Waals surface area contributed by atoms with Crippen LogP contribution in [-0.4, -0.2) is 15.6 Å². The maximum Gasteiger partial charge on any atom is 0.264 e. The summed E-state index contributed by atoms with van der Waals surface area (Å²) in [4.78, 5) is 17.6. The number of halogens is 1. The number of aromatic nitrogens is 1. The molecule has 2 heterocycles. The lowest BCUT2D eigenvalue weighted by atomic mass is 10.2. The zero-order valence-electron chi connectivity index (χ0n) is 16.4. The summed E-state index contributed by atoms with van der Waals surface area (Å²) in [6.07, 6.45) is 1.92. The molecular formula is C23H20ClN3OS. The van der Waals surface area contributed by atoms with E-state index in [0.29, 0.717) is 15.1 Å². The highest BCUT2D eigenvalue weighted by Crippen LogP contribution is 2.31. The summed E-state index contributed by atoms with van der Waals surface area (Å²) in [7, 11) is 0. The third-order valence-electron chi connectivity index (χ3n) is 4.74. The molecule has 2 aromatic carbocycles. The molecule has 0 saturated carbocycles. The van der Waals surface area contributed by atoms with E-state index in [1.165, 1.54) is 17.3 Å². The van der Waals surface area contributed by atoms with Crippen LogP contribution in [0.5, 0.6) is 0 Å². The molecule has 0 atom stereocenters. The molecule has 1 N–H and O–H groups in total. The predicted molar refractivity (Wildman–Crippen MR) is 122 cm³/mol. The molecule has 0 bridgehead atoms. The molecule has 146 valence electrons. The molecule has 0 unspecified atom stereocenters. The number of hydrogen-bond donors (Lipinski definition) is 1. The molecule has 0 aliphatic carbocycles. The summed E-state index contributed by atoms with van der Waals surface area (Å²) in [6.45, 7) is 6.12. The molecule has 4 nitrogen and oxygen atoms in total. The molecule has 29 heavy (non-hydrogen) atoms. The van der Waals surface area contributed by atoms with E-state index >= 15 is 0 Å². The Kier molecular flexibility index (Phi) is 5.35. The minimum atomic E-state index is -0.131. The predicted octanol–water partition coefficient (Wildman–Crippen LogP) is 5.95. The molecule has 1 amide bonds. The van der Waals surface area contributed by atoms with E-state index in [0.717, 1.165) is 28.3 Å². The highest BCUT2D eigenvalue weighted by Gasteiger charge is 2.24. The van der Waals surface area contributed by atoms with Crippen LogP contribution in [0.15, 0.2) is 64.5 Å². The Morgan fingerprint density at radius 1 is 1.07 bits per heavy atom. The quantitative estimate of drug-likeness (QED) is 0.531. The first-order valence-electron chi connectivity index (χ1n) is 9.22. The van der Waals surface area contributed by atoms with Crippen molar-refractivity contribution in [1.29, 1.82) is 0 Å². The van der Waals surface area contributed by atoms with Crippen LogP contribution in [0.4, 0.5) is 5.69 Å². The number of benzene rings is 2. The first kappa shape index (κ1) is 19.6. The maximum atomic E-state index is 12.4. The number of thioether (sulfide) groups is 1. The maximum absolute atomic E-state index is 12.4. The fourth-order valence-electron chi connectivity index (χ4n) is 3.30. The van der Waals surface area contributed by atoms with Crippen molar-refractivity contribution in [2.75, 3.05) is 0 Å². The second kappa shape index (κ2) is 7.93. The Hall–Kier alpha value is -2.76. The molecule has 1 aromatic heterocycles. The first-order valence-corrected chi connectivity index (χ1v) is 10.4. The average Bonchev–Trinajstić information content (AvgIpc) is 3.16. The van der Waals surface area contributed by atoms with Crippen molar-refractivity contribution in [3.8, 4) is 5.69 Å². The third kappa shape index (κ3) is 4.16. The number of nitrogens with zero attached hydrogens (tertiary/aromatic N) is 2. The number of aliphatic imine (C=N–C) groups is 1. The minimum Gasteiger partial charge on any atom is -0.318 e. The Morgan fingerprint density at radius 3 is 2.55 bits per heavy atom. The molecule has 4 rings (SSSR count). The van der Waals surface area contributed by atoms with Gasteiger partial charge in [-0.2, -0.15) is 0 Å². The van der Waals surface area contributed by atoms with Crippen LogP contribution in [0.25, 0.3) is 11.8 Å². The van der Waals surface area contributed by atoms with Crippen molar-refractivity contribution in [3.63, 3.8) is 0 Å². The molecule has 6 heteroatoms. The lowest BCUT2D eigenvalue weighted by Gasteiger charge is -2.09. The smallest absolute Gasteiger partial charge is 0.264 e. The lowest BCUT2D eigenvalue weighted by Crippen LogP contribution is -2.19. The van der Waals surface area contributed by atoms with Crippen LogP contribution < -0.4 is 5.32 Å². The van der Waals surface area contributed by atoms with E-state index < -0.39 is 0 Å². The Labute approximate surface area is 179 Å². The van der Waals surface area contributed by atoms with Gasteiger partial charge in [0.2, 0.25) is 0 Å². The molecule has 1 saturated heterocycles. The second-order valence-electron chi connectivity index (χ2n) is 6.96. The fraction of sp³-hybridized carbons (Fsp3) is 0.130. The van der Waals surface area contributed by atoms with E-state index in [1.807, 2.05) is 75.4 Å². The average molecular weight is 422 g/mol. The number of carbonyl (C=O) groups excluding carboxylic acids is 1. The highest BCUT2D eigenvalue weighted by atomic mass is 35.5. The lowest BCUT2D eigenvalue weighted by molar-refractivity contribution is -0.115. The molecule has 0 spiro atoms. The van der Waals surface area contributed by atoms with Gasteiger partial charge in [0, 0.05) is 22.1 Å². The van der Waals surface area contributed by atoms with E-state index in [2.05, 4.69) is 20.9 Å². The minimum absolute atomic E-state index is 0.131. The van der Waals surface area contributed by atoms with Gasteiger partial charge >= 0.3 is 0 Å². The van der Waals surface area contributed by atoms with Gasteiger partial charge in [0.15, 0.2) is 5.17 Å². The van der Waals surface area contributed by atoms with E-state index in [4.69, 9.17) is 11.6 Å². The van der Waals surface area contributed by atoms with E-state index in [1.54, 1.807) is 0 Å². The molecule has 3 aromatic rings. The first-order chi connectivity index (χ1) is 13.9. The van der Waals surface area contributed by atoms with Crippen molar-refractivity contribution in [2.24, 2.45) is 4.99 Å². The van der Waals surface area contributed by atoms with Crippen LogP contribution in [-0.2, 0) is 4.79 Å². The van der Waals surface area contributed by atoms with Gasteiger partial charge in [-0.15, -0.1) is 0 Å². The van der Waals surface area contributed by atoms with Gasteiger partial charge in [0.1, 0.15) is 0 Å². The van der Waals surface area contributed by atoms with Crippen LogP contribution >= 0.6 is 23.4 Å². The van der Waals surface area contributed by atoms with E-state index in [-0.39, 0.29) is 5.91 Å². The largest absolute Gasteiger partial charge is 0.318 e. The van der Waals surface area contributed by atoms with E-state index in [9.17, 15) is 4.79 Å². The van der Waals surface area contributed by atoms with Gasteiger partial charge in [-0.05, 0) is 80.6 Å². The van der Waals surface area contributed by atoms with Crippen molar-refractivity contribution in [3.05, 3.63) is 87.0 Å². The Bertz CT molecular complexity index is 1160. The summed E-state index contributed by atoms with van der Waals surface area (Å²) in [5.41, 5.74) is 6.12. The zero-order valence-corrected chi connectivity index (χ0v) is 17.9. The van der Waals surface area contributed by atoms with Crippen LogP contribution in [0.1, 0.15) is 22.5 Å². The fourth-order valence-corrected chi connectivity index (χ4v) is 4.32. The van der Waals surface area contributed by atoms with Crippen molar-refractivity contribution in [1.82, 2.24) is 9.88 Å². The number of hydrogen-bond acceptors (Lipinski definition) is 3. The molecule has 1 aliphatic heterocycles. The van der Waals surface area contributed by atoms with Gasteiger partial charge < -0.3 is 9.88 Å². The van der Waals surface area contributed by atoms with Crippen molar-refractivity contribution in [2.45, 2.75) is 20.8 Å². The van der Waals surface area contributed by atoms with Crippen LogP contribution in [0.3, 0.4) is 0 Å². The number of nitrogens with one attached hydrogen (secondary N) is 1. The van der Waals surface area contributed by atoms with Gasteiger partial charge in [-0.25, -0.2) is 4.99 Å². The second-order valence-corrected chi connectivity index (χ2v) is 8.43. The Morgan fingerprint density at radius 2 is 1.83 bits per heavy atom. The molecule has 1 fully saturated rings. The van der Waals surface area contributed by atoms with Gasteiger partial charge in [-0.3, -0.25) is 4.79 Å². The van der Waals surface area contributed by atoms with Gasteiger partial charge in [0.05, 0.1) is 10.6 Å². The van der Waals surface area contributed by atoms with Gasteiger partial charge in [0.25, 0.3) is 5.91 Å². The zero-order chi connectivity index (χ0) is 20.5. The number of amidine groups is 1. The summed E-state index contributed by atoms with van der Waals surface area (Å²) < 4.78 is 2.14. The number of rotatable bonds is 3. The standard InChI is InChI=1S/C23H20ClN3OS/c1-14-7-9-19(10-8-14)25-23-26-22(28)21(29-23)12-17-11-15(2)27(16(17)3)20-6-4-5-18(24)13-20/h4-13H,1-3H3,(H,25,26,28)/b21-12-. The number of carbonyl (C=O) groups is 1. The monoisotopic (exact) mass is 421 g/mol. The molecule has 1 aliphatic rings. The molecule has 0 radical (unpaired) electrons. The topological polar surface area (TPSA) is 46.4 Å².